The molecule has 0 saturated carbocycles. The molecule has 0 fully saturated rings. The van der Waals surface area contributed by atoms with Crippen LogP contribution < -0.4 is 10.8 Å². The SMILES string of the molecule is C\C=C/C(=C\C=C(/C)C(=O)Nc1ccncc(C(=O)NO)cc(CC)cc1)OC. The molecule has 1 heterocycles. The molecule has 0 atom stereocenters. The van der Waals surface area contributed by atoms with Crippen molar-refractivity contribution >= 4 is 17.5 Å². The molecule has 0 aliphatic rings. The second kappa shape index (κ2) is 12.9. The molecule has 29 heavy (non-hydrogen) atoms. The van der Waals surface area contributed by atoms with Crippen LogP contribution in [0.5, 0.6) is 0 Å². The van der Waals surface area contributed by atoms with Gasteiger partial charge in [-0.05, 0) is 56.2 Å². The average Bonchev–Trinajstić information content (AvgIpc) is 2.74. The first-order valence-electron chi connectivity index (χ1n) is 9.08. The van der Waals surface area contributed by atoms with E-state index in [-0.39, 0.29) is 11.5 Å². The number of ether oxygens (including phenoxy) is 1. The van der Waals surface area contributed by atoms with E-state index in [1.54, 1.807) is 62.0 Å². The van der Waals surface area contributed by atoms with Gasteiger partial charge in [0.25, 0.3) is 11.8 Å². The predicted molar refractivity (Wildman–Crippen MR) is 113 cm³/mol. The molecule has 0 aliphatic heterocycles. The van der Waals surface area contributed by atoms with Crippen LogP contribution in [0.4, 0.5) is 5.69 Å². The van der Waals surface area contributed by atoms with Crippen molar-refractivity contribution in [1.82, 2.24) is 10.5 Å². The van der Waals surface area contributed by atoms with Crippen molar-refractivity contribution in [3.05, 3.63) is 83.4 Å². The Balaban J connectivity index is 3.17. The van der Waals surface area contributed by atoms with Crippen molar-refractivity contribution in [2.45, 2.75) is 27.2 Å². The van der Waals surface area contributed by atoms with Crippen LogP contribution >= 0.6 is 0 Å². The minimum absolute atomic E-state index is 0.215. The number of carbonyl (C=O) groups is 2. The van der Waals surface area contributed by atoms with Crippen molar-refractivity contribution in [3.63, 3.8) is 0 Å². The lowest BCUT2D eigenvalue weighted by atomic mass is 10.1. The minimum Gasteiger partial charge on any atom is -0.497 e. The lowest BCUT2D eigenvalue weighted by Crippen LogP contribution is -2.18. The standard InChI is InChI=1S/C22H27N3O4/c1-5-7-20(29-4)11-8-16(3)21(26)24-19-10-9-17(6-2)14-18(22(27)25-28)15-23-13-12-19/h5,7-15,28H,6H2,1-4H3,(H,24,26)(H,25,27)/b7-5-,10-9?,13-12?,16-8+,17-9?,17-14?,18-14?,18-15?,19-10?,19-12?,20-11+,23-13?,23-15?. The molecule has 0 unspecified atom stereocenters. The number of allylic oxidation sites excluding steroid dienone is 4. The van der Waals surface area contributed by atoms with Crippen LogP contribution in [0.15, 0.2) is 72.3 Å². The lowest BCUT2D eigenvalue weighted by Gasteiger charge is -2.04. The molecule has 7 heteroatoms. The quantitative estimate of drug-likeness (QED) is 0.213. The largest absolute Gasteiger partial charge is 0.497 e. The van der Waals surface area contributed by atoms with Gasteiger partial charge in [-0.3, -0.25) is 19.8 Å². The fourth-order valence-corrected chi connectivity index (χ4v) is 2.14. The van der Waals surface area contributed by atoms with E-state index in [1.807, 2.05) is 19.9 Å². The molecule has 0 spiro atoms. The number of hydrogen-bond donors (Lipinski definition) is 3. The number of aromatic nitrogens is 1. The Morgan fingerprint density at radius 1 is 1.24 bits per heavy atom. The van der Waals surface area contributed by atoms with Gasteiger partial charge in [-0.2, -0.15) is 0 Å². The summed E-state index contributed by atoms with van der Waals surface area (Å²) < 4.78 is 5.19. The summed E-state index contributed by atoms with van der Waals surface area (Å²) in [5, 5.41) is 11.6. The van der Waals surface area contributed by atoms with E-state index in [0.717, 1.165) is 5.56 Å². The van der Waals surface area contributed by atoms with Gasteiger partial charge in [0.15, 0.2) is 0 Å². The summed E-state index contributed by atoms with van der Waals surface area (Å²) in [6.07, 6.45) is 10.4. The number of hydrogen-bond acceptors (Lipinski definition) is 5. The number of rotatable bonds is 7. The highest BCUT2D eigenvalue weighted by Gasteiger charge is 2.05. The Labute approximate surface area is 171 Å². The zero-order valence-corrected chi connectivity index (χ0v) is 17.1. The Morgan fingerprint density at radius 2 is 2.00 bits per heavy atom. The molecular formula is C22H27N3O4. The molecule has 0 bridgehead atoms. The second-order valence-electron chi connectivity index (χ2n) is 5.93. The van der Waals surface area contributed by atoms with E-state index < -0.39 is 5.91 Å². The van der Waals surface area contributed by atoms with Crippen molar-refractivity contribution < 1.29 is 19.5 Å². The number of hydroxylamine groups is 1. The predicted octanol–water partition coefficient (Wildman–Crippen LogP) is 3.88. The van der Waals surface area contributed by atoms with Crippen LogP contribution in [-0.4, -0.2) is 29.1 Å². The molecule has 0 aromatic carbocycles. The number of aryl methyl sites for hydroxylation is 1. The molecule has 3 N–H and O–H groups in total. The zero-order valence-electron chi connectivity index (χ0n) is 17.1. The van der Waals surface area contributed by atoms with Gasteiger partial charge >= 0.3 is 0 Å². The topological polar surface area (TPSA) is 101 Å². The summed E-state index contributed by atoms with van der Waals surface area (Å²) in [5.41, 5.74) is 3.67. The maximum Gasteiger partial charge on any atom is 0.276 e. The van der Waals surface area contributed by atoms with Crippen LogP contribution in [0.1, 0.15) is 36.7 Å². The van der Waals surface area contributed by atoms with E-state index in [0.29, 0.717) is 23.4 Å². The lowest BCUT2D eigenvalue weighted by molar-refractivity contribution is -0.112. The number of nitrogens with one attached hydrogen (secondary N) is 2. The van der Waals surface area contributed by atoms with Gasteiger partial charge < -0.3 is 10.1 Å². The molecule has 7 nitrogen and oxygen atoms in total. The van der Waals surface area contributed by atoms with Crippen LogP contribution in [0.25, 0.3) is 0 Å². The smallest absolute Gasteiger partial charge is 0.276 e. The minimum atomic E-state index is -0.651. The normalized spacial score (nSPS) is 11.6. The molecule has 0 aliphatic carbocycles. The molecule has 2 amide bonds. The van der Waals surface area contributed by atoms with Crippen molar-refractivity contribution in [2.75, 3.05) is 12.4 Å². The number of amides is 2. The highest BCUT2D eigenvalue weighted by Crippen LogP contribution is 2.09. The van der Waals surface area contributed by atoms with E-state index in [4.69, 9.17) is 9.94 Å². The van der Waals surface area contributed by atoms with Crippen LogP contribution in [-0.2, 0) is 16.0 Å². The third kappa shape index (κ3) is 8.40. The summed E-state index contributed by atoms with van der Waals surface area (Å²) in [7, 11) is 1.56. The fraction of sp³-hybridized carbons (Fsp3) is 0.227. The fourth-order valence-electron chi connectivity index (χ4n) is 2.14. The van der Waals surface area contributed by atoms with Crippen molar-refractivity contribution in [3.8, 4) is 0 Å². The number of methoxy groups -OCH3 is 1. The Bertz CT molecular complexity index is 872. The van der Waals surface area contributed by atoms with Gasteiger partial charge in [-0.15, -0.1) is 0 Å². The molecular weight excluding hydrogens is 370 g/mol. The first-order chi connectivity index (χ1) is 13.9. The molecule has 0 saturated heterocycles. The van der Waals surface area contributed by atoms with E-state index in [2.05, 4.69) is 10.3 Å². The maximum atomic E-state index is 12.5. The Morgan fingerprint density at radius 3 is 2.62 bits per heavy atom. The van der Waals surface area contributed by atoms with Gasteiger partial charge in [-0.1, -0.05) is 25.1 Å². The molecule has 1 aromatic rings. The number of anilines is 1. The molecule has 0 radical (unpaired) electrons. The summed E-state index contributed by atoms with van der Waals surface area (Å²) >= 11 is 0. The third-order valence-electron chi connectivity index (χ3n) is 3.82. The van der Waals surface area contributed by atoms with Gasteiger partial charge in [-0.25, -0.2) is 5.48 Å². The van der Waals surface area contributed by atoms with E-state index in [1.165, 1.54) is 12.4 Å². The van der Waals surface area contributed by atoms with Gasteiger partial charge in [0, 0.05) is 23.7 Å². The molecule has 154 valence electrons. The average molecular weight is 397 g/mol. The number of nitrogens with zero attached hydrogens (tertiary/aromatic N) is 1. The van der Waals surface area contributed by atoms with Crippen molar-refractivity contribution in [1.29, 1.82) is 0 Å². The van der Waals surface area contributed by atoms with Crippen LogP contribution in [0, 0.1) is 0 Å². The summed E-state index contributed by atoms with van der Waals surface area (Å²) in [6, 6.07) is 6.75. The third-order valence-corrected chi connectivity index (χ3v) is 3.82. The monoisotopic (exact) mass is 397 g/mol. The van der Waals surface area contributed by atoms with Crippen LogP contribution in [0.2, 0.25) is 0 Å². The molecule has 1 aromatic heterocycles. The Hall–Kier alpha value is -3.45. The molecule has 1 rings (SSSR count). The van der Waals surface area contributed by atoms with Gasteiger partial charge in [0.1, 0.15) is 5.76 Å². The van der Waals surface area contributed by atoms with Crippen molar-refractivity contribution in [2.24, 2.45) is 0 Å². The zero-order chi connectivity index (χ0) is 21.6. The first kappa shape index (κ1) is 23.6. The summed E-state index contributed by atoms with van der Waals surface area (Å²) in [5.74, 6) is -0.282. The first-order valence-corrected chi connectivity index (χ1v) is 9.08. The summed E-state index contributed by atoms with van der Waals surface area (Å²) in [6.45, 7) is 5.51. The second-order valence-corrected chi connectivity index (χ2v) is 5.93. The van der Waals surface area contributed by atoms with Gasteiger partial charge in [0.2, 0.25) is 0 Å². The van der Waals surface area contributed by atoms with E-state index >= 15 is 0 Å². The highest BCUT2D eigenvalue weighted by molar-refractivity contribution is 6.03. The van der Waals surface area contributed by atoms with Crippen LogP contribution in [0.3, 0.4) is 0 Å². The maximum absolute atomic E-state index is 12.5. The summed E-state index contributed by atoms with van der Waals surface area (Å²) in [4.78, 5) is 28.2. The van der Waals surface area contributed by atoms with E-state index in [9.17, 15) is 9.59 Å². The van der Waals surface area contributed by atoms with Gasteiger partial charge in [0.05, 0.1) is 12.7 Å². The highest BCUT2D eigenvalue weighted by atomic mass is 16.5. The Kier molecular flexibility index (Phi) is 10.5. The number of carbonyl (C=O) groups excluding carboxylic acids is 2.